The summed E-state index contributed by atoms with van der Waals surface area (Å²) in [4.78, 5) is 11.4. The first-order valence-corrected chi connectivity index (χ1v) is 4.11. The highest BCUT2D eigenvalue weighted by atomic mass is 16.5. The van der Waals surface area contributed by atoms with E-state index in [9.17, 15) is 4.79 Å². The maximum Gasteiger partial charge on any atom is 0.230 e. The van der Waals surface area contributed by atoms with Crippen molar-refractivity contribution in [3.63, 3.8) is 0 Å². The molecule has 0 atom stereocenters. The van der Waals surface area contributed by atoms with Gasteiger partial charge >= 0.3 is 0 Å². The second-order valence-corrected chi connectivity index (χ2v) is 2.99. The van der Waals surface area contributed by atoms with Crippen LogP contribution in [0.2, 0.25) is 0 Å². The molecule has 1 aliphatic rings. The maximum atomic E-state index is 11.4. The third-order valence-corrected chi connectivity index (χ3v) is 2.25. The SMILES string of the molecule is CCNC(=O)C1(CC)COC1. The van der Waals surface area contributed by atoms with Crippen molar-refractivity contribution in [2.24, 2.45) is 5.41 Å². The van der Waals surface area contributed by atoms with Crippen molar-refractivity contribution in [1.29, 1.82) is 0 Å². The van der Waals surface area contributed by atoms with E-state index in [1.165, 1.54) is 0 Å². The Labute approximate surface area is 67.1 Å². The number of rotatable bonds is 3. The van der Waals surface area contributed by atoms with Gasteiger partial charge < -0.3 is 10.1 Å². The number of hydrogen-bond donors (Lipinski definition) is 1. The van der Waals surface area contributed by atoms with E-state index in [1.54, 1.807) is 0 Å². The lowest BCUT2D eigenvalue weighted by atomic mass is 9.82. The van der Waals surface area contributed by atoms with Gasteiger partial charge in [-0.3, -0.25) is 4.79 Å². The zero-order chi connectivity index (χ0) is 8.32. The molecule has 1 aliphatic heterocycles. The fourth-order valence-electron chi connectivity index (χ4n) is 1.19. The molecule has 1 fully saturated rings. The van der Waals surface area contributed by atoms with E-state index >= 15 is 0 Å². The second kappa shape index (κ2) is 3.22. The summed E-state index contributed by atoms with van der Waals surface area (Å²) in [6.45, 7) is 5.85. The van der Waals surface area contributed by atoms with Crippen LogP contribution in [0.4, 0.5) is 0 Å². The van der Waals surface area contributed by atoms with Gasteiger partial charge in [0.25, 0.3) is 0 Å². The van der Waals surface area contributed by atoms with Crippen LogP contribution in [0, 0.1) is 5.41 Å². The molecule has 0 aliphatic carbocycles. The smallest absolute Gasteiger partial charge is 0.230 e. The van der Waals surface area contributed by atoms with E-state index in [2.05, 4.69) is 5.32 Å². The van der Waals surface area contributed by atoms with E-state index in [4.69, 9.17) is 4.74 Å². The molecular formula is C8H15NO2. The van der Waals surface area contributed by atoms with Crippen LogP contribution in [0.3, 0.4) is 0 Å². The molecule has 0 aromatic heterocycles. The van der Waals surface area contributed by atoms with Crippen molar-refractivity contribution in [2.75, 3.05) is 19.8 Å². The van der Waals surface area contributed by atoms with Gasteiger partial charge in [0.15, 0.2) is 0 Å². The third kappa shape index (κ3) is 1.38. The Morgan fingerprint density at radius 1 is 1.55 bits per heavy atom. The van der Waals surface area contributed by atoms with Crippen molar-refractivity contribution < 1.29 is 9.53 Å². The molecule has 0 aromatic rings. The van der Waals surface area contributed by atoms with Gasteiger partial charge in [0, 0.05) is 6.54 Å². The van der Waals surface area contributed by atoms with Crippen LogP contribution < -0.4 is 5.32 Å². The first-order chi connectivity index (χ1) is 5.25. The minimum absolute atomic E-state index is 0.147. The van der Waals surface area contributed by atoms with E-state index in [0.29, 0.717) is 19.8 Å². The quantitative estimate of drug-likeness (QED) is 0.649. The number of carbonyl (C=O) groups excluding carboxylic acids is 1. The molecule has 1 N–H and O–H groups in total. The van der Waals surface area contributed by atoms with Gasteiger partial charge in [-0.1, -0.05) is 6.92 Å². The van der Waals surface area contributed by atoms with Gasteiger partial charge in [0.1, 0.15) is 0 Å². The van der Waals surface area contributed by atoms with Crippen molar-refractivity contribution in [1.82, 2.24) is 5.32 Å². The first-order valence-electron chi connectivity index (χ1n) is 4.11. The summed E-state index contributed by atoms with van der Waals surface area (Å²) in [5.74, 6) is 0.147. The number of ether oxygens (including phenoxy) is 1. The lowest BCUT2D eigenvalue weighted by Gasteiger charge is -2.38. The molecule has 1 rings (SSSR count). The first kappa shape index (κ1) is 8.53. The Morgan fingerprint density at radius 3 is 2.45 bits per heavy atom. The molecule has 0 unspecified atom stereocenters. The molecule has 0 bridgehead atoms. The standard InChI is InChI=1S/C8H15NO2/c1-3-8(5-11-6-8)7(10)9-4-2/h3-6H2,1-2H3,(H,9,10). The summed E-state index contributed by atoms with van der Waals surface area (Å²) < 4.78 is 5.04. The van der Waals surface area contributed by atoms with Gasteiger partial charge in [0.05, 0.1) is 18.6 Å². The summed E-state index contributed by atoms with van der Waals surface area (Å²) in [5.41, 5.74) is -0.198. The zero-order valence-corrected chi connectivity index (χ0v) is 7.14. The van der Waals surface area contributed by atoms with Crippen molar-refractivity contribution in [3.05, 3.63) is 0 Å². The largest absolute Gasteiger partial charge is 0.379 e. The summed E-state index contributed by atoms with van der Waals surface area (Å²) in [7, 11) is 0. The van der Waals surface area contributed by atoms with Crippen molar-refractivity contribution in [3.8, 4) is 0 Å². The molecule has 0 spiro atoms. The average Bonchev–Trinajstić information content (AvgIpc) is 1.87. The van der Waals surface area contributed by atoms with Gasteiger partial charge in [-0.2, -0.15) is 0 Å². The molecule has 1 amide bonds. The molecule has 64 valence electrons. The molecule has 1 saturated heterocycles. The number of nitrogens with one attached hydrogen (secondary N) is 1. The highest BCUT2D eigenvalue weighted by molar-refractivity contribution is 5.83. The average molecular weight is 157 g/mol. The van der Waals surface area contributed by atoms with Crippen LogP contribution >= 0.6 is 0 Å². The number of hydrogen-bond acceptors (Lipinski definition) is 2. The lowest BCUT2D eigenvalue weighted by molar-refractivity contribution is -0.162. The monoisotopic (exact) mass is 157 g/mol. The maximum absolute atomic E-state index is 11.4. The van der Waals surface area contributed by atoms with E-state index in [0.717, 1.165) is 6.42 Å². The topological polar surface area (TPSA) is 38.3 Å². The molecule has 0 aromatic carbocycles. The predicted octanol–water partition coefficient (Wildman–Crippen LogP) is 0.549. The number of amides is 1. The fraction of sp³-hybridized carbons (Fsp3) is 0.875. The molecule has 1 heterocycles. The Bertz CT molecular complexity index is 147. The Kier molecular flexibility index (Phi) is 2.49. The second-order valence-electron chi connectivity index (χ2n) is 2.99. The van der Waals surface area contributed by atoms with Crippen molar-refractivity contribution in [2.45, 2.75) is 20.3 Å². The van der Waals surface area contributed by atoms with Crippen LogP contribution in [0.15, 0.2) is 0 Å². The van der Waals surface area contributed by atoms with Crippen molar-refractivity contribution >= 4 is 5.91 Å². The predicted molar refractivity (Wildman–Crippen MR) is 42.2 cm³/mol. The molecule has 0 radical (unpaired) electrons. The van der Waals surface area contributed by atoms with E-state index in [1.807, 2.05) is 13.8 Å². The van der Waals surface area contributed by atoms with Crippen LogP contribution in [-0.2, 0) is 9.53 Å². The summed E-state index contributed by atoms with van der Waals surface area (Å²) in [5, 5.41) is 2.82. The van der Waals surface area contributed by atoms with Gasteiger partial charge in [0.2, 0.25) is 5.91 Å². The van der Waals surface area contributed by atoms with E-state index < -0.39 is 0 Å². The Morgan fingerprint density at radius 2 is 2.18 bits per heavy atom. The van der Waals surface area contributed by atoms with Crippen LogP contribution in [0.5, 0.6) is 0 Å². The molecule has 0 saturated carbocycles. The van der Waals surface area contributed by atoms with Gasteiger partial charge in [-0.15, -0.1) is 0 Å². The molecule has 11 heavy (non-hydrogen) atoms. The third-order valence-electron chi connectivity index (χ3n) is 2.25. The molecule has 3 heteroatoms. The van der Waals surface area contributed by atoms with E-state index in [-0.39, 0.29) is 11.3 Å². The van der Waals surface area contributed by atoms with Gasteiger partial charge in [-0.25, -0.2) is 0 Å². The normalized spacial score (nSPS) is 20.5. The minimum Gasteiger partial charge on any atom is -0.379 e. The van der Waals surface area contributed by atoms with Crippen LogP contribution in [0.1, 0.15) is 20.3 Å². The highest BCUT2D eigenvalue weighted by Gasteiger charge is 2.43. The Hall–Kier alpha value is -0.570. The van der Waals surface area contributed by atoms with Crippen LogP contribution in [0.25, 0.3) is 0 Å². The van der Waals surface area contributed by atoms with Gasteiger partial charge in [-0.05, 0) is 13.3 Å². The summed E-state index contributed by atoms with van der Waals surface area (Å²) >= 11 is 0. The Balaban J connectivity index is 2.47. The molecular weight excluding hydrogens is 142 g/mol. The van der Waals surface area contributed by atoms with Crippen LogP contribution in [-0.4, -0.2) is 25.7 Å². The summed E-state index contributed by atoms with van der Waals surface area (Å²) in [6.07, 6.45) is 0.874. The summed E-state index contributed by atoms with van der Waals surface area (Å²) in [6, 6.07) is 0. The fourth-order valence-corrected chi connectivity index (χ4v) is 1.19. The lowest BCUT2D eigenvalue weighted by Crippen LogP contribution is -2.53. The zero-order valence-electron chi connectivity index (χ0n) is 7.14. The molecule has 3 nitrogen and oxygen atoms in total. The minimum atomic E-state index is -0.198. The highest BCUT2D eigenvalue weighted by Crippen LogP contribution is 2.31. The number of carbonyl (C=O) groups is 1.